The van der Waals surface area contributed by atoms with E-state index in [1.54, 1.807) is 6.92 Å². The number of hydrogen-bond acceptors (Lipinski definition) is 5. The van der Waals surface area contributed by atoms with Gasteiger partial charge in [0.1, 0.15) is 11.9 Å². The molecule has 0 radical (unpaired) electrons. The Labute approximate surface area is 134 Å². The van der Waals surface area contributed by atoms with Crippen LogP contribution in [-0.2, 0) is 19.1 Å². The summed E-state index contributed by atoms with van der Waals surface area (Å²) in [5.74, 6) is -2.53. The van der Waals surface area contributed by atoms with Gasteiger partial charge in [0.15, 0.2) is 6.61 Å². The highest BCUT2D eigenvalue weighted by molar-refractivity contribution is 5.92. The maximum absolute atomic E-state index is 12.8. The van der Waals surface area contributed by atoms with Crippen molar-refractivity contribution in [3.05, 3.63) is 35.6 Å². The number of nitrogens with one attached hydrogen (secondary N) is 1. The molecule has 1 amide bonds. The molecule has 0 aliphatic heterocycles. The maximum atomic E-state index is 12.8. The summed E-state index contributed by atoms with van der Waals surface area (Å²) >= 11 is 0. The largest absolute Gasteiger partial charge is 0.467 e. The Morgan fingerprint density at radius 1 is 1.22 bits per heavy atom. The molecule has 0 saturated carbocycles. The van der Waals surface area contributed by atoms with Gasteiger partial charge in [-0.1, -0.05) is 20.3 Å². The topological polar surface area (TPSA) is 81.7 Å². The molecule has 6 nitrogen and oxygen atoms in total. The number of rotatable bonds is 7. The van der Waals surface area contributed by atoms with Crippen molar-refractivity contribution in [2.45, 2.75) is 26.3 Å². The zero-order valence-electron chi connectivity index (χ0n) is 13.3. The van der Waals surface area contributed by atoms with Gasteiger partial charge in [0, 0.05) is 0 Å². The lowest BCUT2D eigenvalue weighted by molar-refractivity contribution is -0.147. The van der Waals surface area contributed by atoms with Gasteiger partial charge in [0.05, 0.1) is 12.7 Å². The molecule has 1 aromatic rings. The highest BCUT2D eigenvalue weighted by Crippen LogP contribution is 2.09. The van der Waals surface area contributed by atoms with Crippen LogP contribution in [0.15, 0.2) is 24.3 Å². The predicted molar refractivity (Wildman–Crippen MR) is 80.1 cm³/mol. The van der Waals surface area contributed by atoms with Crippen molar-refractivity contribution in [2.75, 3.05) is 13.7 Å². The first-order valence-electron chi connectivity index (χ1n) is 7.18. The predicted octanol–water partition coefficient (Wildman–Crippen LogP) is 1.69. The standard InChI is InChI=1S/C16H20FNO5/c1-4-10(2)14(16(21)22-3)18-13(19)9-23-15(20)11-5-7-12(17)8-6-11/h5-8,10,14H,4,9H2,1-3H3,(H,18,19)/t10-,14-/m0/s1. The average Bonchev–Trinajstić information content (AvgIpc) is 2.56. The minimum Gasteiger partial charge on any atom is -0.467 e. The van der Waals surface area contributed by atoms with E-state index in [0.717, 1.165) is 12.1 Å². The van der Waals surface area contributed by atoms with E-state index in [-0.39, 0.29) is 11.5 Å². The van der Waals surface area contributed by atoms with E-state index in [2.05, 4.69) is 10.1 Å². The first kappa shape index (κ1) is 18.6. The van der Waals surface area contributed by atoms with Gasteiger partial charge < -0.3 is 14.8 Å². The summed E-state index contributed by atoms with van der Waals surface area (Å²) in [7, 11) is 1.23. The fourth-order valence-corrected chi connectivity index (χ4v) is 1.81. The first-order chi connectivity index (χ1) is 10.9. The highest BCUT2D eigenvalue weighted by Gasteiger charge is 2.26. The number of halogens is 1. The molecular formula is C16H20FNO5. The van der Waals surface area contributed by atoms with Crippen molar-refractivity contribution in [1.82, 2.24) is 5.32 Å². The lowest BCUT2D eigenvalue weighted by Crippen LogP contribution is -2.47. The molecule has 0 unspecified atom stereocenters. The van der Waals surface area contributed by atoms with Gasteiger partial charge in [-0.15, -0.1) is 0 Å². The maximum Gasteiger partial charge on any atom is 0.338 e. The van der Waals surface area contributed by atoms with E-state index in [1.807, 2.05) is 6.92 Å². The SMILES string of the molecule is CC[C@H](C)[C@H](NC(=O)COC(=O)c1ccc(F)cc1)C(=O)OC. The molecule has 126 valence electrons. The Bertz CT molecular complexity index is 558. The molecule has 1 aromatic carbocycles. The summed E-state index contributed by atoms with van der Waals surface area (Å²) in [6.07, 6.45) is 0.662. The van der Waals surface area contributed by atoms with E-state index in [4.69, 9.17) is 4.74 Å². The second kappa shape index (κ2) is 8.87. The van der Waals surface area contributed by atoms with Crippen molar-refractivity contribution < 1.29 is 28.2 Å². The molecule has 2 atom stereocenters. The number of hydrogen-bond donors (Lipinski definition) is 1. The summed E-state index contributed by atoms with van der Waals surface area (Å²) in [6.45, 7) is 3.13. The fourth-order valence-electron chi connectivity index (χ4n) is 1.81. The highest BCUT2D eigenvalue weighted by atomic mass is 19.1. The number of benzene rings is 1. The molecule has 0 aliphatic rings. The third kappa shape index (κ3) is 5.69. The van der Waals surface area contributed by atoms with Crippen LogP contribution in [0.1, 0.15) is 30.6 Å². The second-order valence-corrected chi connectivity index (χ2v) is 5.04. The summed E-state index contributed by atoms with van der Waals surface area (Å²) < 4.78 is 22.2. The zero-order valence-corrected chi connectivity index (χ0v) is 13.3. The molecule has 0 heterocycles. The lowest BCUT2D eigenvalue weighted by atomic mass is 9.99. The van der Waals surface area contributed by atoms with E-state index >= 15 is 0 Å². The molecule has 1 rings (SSSR count). The van der Waals surface area contributed by atoms with Gasteiger partial charge in [-0.3, -0.25) is 4.79 Å². The number of carbonyl (C=O) groups excluding carboxylic acids is 3. The minimum absolute atomic E-state index is 0.126. The van der Waals surface area contributed by atoms with Gasteiger partial charge in [0.25, 0.3) is 5.91 Å². The summed E-state index contributed by atoms with van der Waals surface area (Å²) in [4.78, 5) is 35.2. The molecule has 0 spiro atoms. The van der Waals surface area contributed by atoms with Crippen molar-refractivity contribution in [3.63, 3.8) is 0 Å². The van der Waals surface area contributed by atoms with Crippen LogP contribution >= 0.6 is 0 Å². The molecule has 1 N–H and O–H groups in total. The van der Waals surface area contributed by atoms with Crippen molar-refractivity contribution in [3.8, 4) is 0 Å². The normalized spacial score (nSPS) is 12.9. The van der Waals surface area contributed by atoms with E-state index < -0.39 is 36.3 Å². The van der Waals surface area contributed by atoms with E-state index in [1.165, 1.54) is 19.2 Å². The second-order valence-electron chi connectivity index (χ2n) is 5.04. The number of methoxy groups -OCH3 is 1. The molecular weight excluding hydrogens is 305 g/mol. The molecule has 0 saturated heterocycles. The van der Waals surface area contributed by atoms with Crippen molar-refractivity contribution in [2.24, 2.45) is 5.92 Å². The third-order valence-corrected chi connectivity index (χ3v) is 3.40. The monoisotopic (exact) mass is 325 g/mol. The first-order valence-corrected chi connectivity index (χ1v) is 7.18. The molecule has 23 heavy (non-hydrogen) atoms. The van der Waals surface area contributed by atoms with Crippen LogP contribution in [0, 0.1) is 11.7 Å². The van der Waals surface area contributed by atoms with Crippen LogP contribution in [0.3, 0.4) is 0 Å². The van der Waals surface area contributed by atoms with Gasteiger partial charge in [0.2, 0.25) is 0 Å². The Kier molecular flexibility index (Phi) is 7.18. The molecule has 0 bridgehead atoms. The number of carbonyl (C=O) groups is 3. The molecule has 0 aliphatic carbocycles. The van der Waals surface area contributed by atoms with Crippen LogP contribution in [-0.4, -0.2) is 37.6 Å². The average molecular weight is 325 g/mol. The minimum atomic E-state index is -0.804. The van der Waals surface area contributed by atoms with E-state index in [0.29, 0.717) is 6.42 Å². The molecule has 0 fully saturated rings. The molecule has 7 heteroatoms. The van der Waals surface area contributed by atoms with Crippen LogP contribution in [0.4, 0.5) is 4.39 Å². The Morgan fingerprint density at radius 3 is 2.35 bits per heavy atom. The summed E-state index contributed by atoms with van der Waals surface area (Å²) in [5.41, 5.74) is 0.130. The van der Waals surface area contributed by atoms with Crippen molar-refractivity contribution in [1.29, 1.82) is 0 Å². The number of esters is 2. The fraction of sp³-hybridized carbons (Fsp3) is 0.438. The van der Waals surface area contributed by atoms with Crippen LogP contribution in [0.25, 0.3) is 0 Å². The summed E-state index contributed by atoms with van der Waals surface area (Å²) in [5, 5.41) is 2.48. The quantitative estimate of drug-likeness (QED) is 0.772. The number of ether oxygens (including phenoxy) is 2. The number of amides is 1. The Hall–Kier alpha value is -2.44. The van der Waals surface area contributed by atoms with E-state index in [9.17, 15) is 18.8 Å². The summed E-state index contributed by atoms with van der Waals surface area (Å²) in [6, 6.07) is 3.94. The van der Waals surface area contributed by atoms with Gasteiger partial charge in [-0.05, 0) is 30.2 Å². The van der Waals surface area contributed by atoms with Crippen LogP contribution in [0.2, 0.25) is 0 Å². The Morgan fingerprint density at radius 2 is 1.83 bits per heavy atom. The third-order valence-electron chi connectivity index (χ3n) is 3.40. The lowest BCUT2D eigenvalue weighted by Gasteiger charge is -2.21. The van der Waals surface area contributed by atoms with Crippen LogP contribution < -0.4 is 5.32 Å². The van der Waals surface area contributed by atoms with Crippen LogP contribution in [0.5, 0.6) is 0 Å². The van der Waals surface area contributed by atoms with Gasteiger partial charge >= 0.3 is 11.9 Å². The van der Waals surface area contributed by atoms with Crippen molar-refractivity contribution >= 4 is 17.8 Å². The smallest absolute Gasteiger partial charge is 0.338 e. The Balaban J connectivity index is 2.56. The van der Waals surface area contributed by atoms with Gasteiger partial charge in [-0.25, -0.2) is 14.0 Å². The van der Waals surface area contributed by atoms with Gasteiger partial charge in [-0.2, -0.15) is 0 Å². The molecule has 0 aromatic heterocycles. The zero-order chi connectivity index (χ0) is 17.4.